The number of carboxylic acids is 1. The summed E-state index contributed by atoms with van der Waals surface area (Å²) in [5.41, 5.74) is 5.72. The normalized spacial score (nSPS) is 11.7. The first-order valence-corrected chi connectivity index (χ1v) is 6.12. The Morgan fingerprint density at radius 3 is 2.38 bits per heavy atom. The number of anilines is 1. The summed E-state index contributed by atoms with van der Waals surface area (Å²) in [7, 11) is 0. The molecule has 0 fully saturated rings. The molecular weight excluding hydrogens is 275 g/mol. The molecule has 0 radical (unpaired) electrons. The highest BCUT2D eigenvalue weighted by atomic mass is 19.1. The van der Waals surface area contributed by atoms with Crippen molar-refractivity contribution in [1.82, 2.24) is 5.32 Å². The molecule has 2 aromatic rings. The Morgan fingerprint density at radius 1 is 1.14 bits per heavy atom. The number of carbonyl (C=O) groups is 2. The van der Waals surface area contributed by atoms with Gasteiger partial charge in [-0.15, -0.1) is 0 Å². The molecule has 1 amide bonds. The third-order valence-corrected chi connectivity index (χ3v) is 2.89. The lowest BCUT2D eigenvalue weighted by Gasteiger charge is -2.15. The van der Waals surface area contributed by atoms with Gasteiger partial charge in [0.25, 0.3) is 5.91 Å². The van der Waals surface area contributed by atoms with E-state index in [0.717, 1.165) is 6.07 Å². The van der Waals surface area contributed by atoms with Gasteiger partial charge >= 0.3 is 5.97 Å². The van der Waals surface area contributed by atoms with E-state index in [2.05, 4.69) is 5.32 Å². The predicted molar refractivity (Wildman–Crippen MR) is 75.1 cm³/mol. The number of amides is 1. The molecule has 0 aliphatic carbocycles. The van der Waals surface area contributed by atoms with E-state index in [1.165, 1.54) is 12.1 Å². The number of hydrogen-bond acceptors (Lipinski definition) is 3. The molecule has 0 aromatic heterocycles. The SMILES string of the molecule is Nc1ccc(C(=O)NC(C(=O)O)c2ccccc2)c(F)c1. The van der Waals surface area contributed by atoms with E-state index in [1.807, 2.05) is 0 Å². The van der Waals surface area contributed by atoms with E-state index in [4.69, 9.17) is 5.73 Å². The predicted octanol–water partition coefficient (Wildman–Crippen LogP) is 1.96. The van der Waals surface area contributed by atoms with Crippen LogP contribution in [0.3, 0.4) is 0 Å². The van der Waals surface area contributed by atoms with E-state index >= 15 is 0 Å². The minimum Gasteiger partial charge on any atom is -0.479 e. The van der Waals surface area contributed by atoms with Crippen LogP contribution in [0.4, 0.5) is 10.1 Å². The fraction of sp³-hybridized carbons (Fsp3) is 0.0667. The van der Waals surface area contributed by atoms with Gasteiger partial charge in [-0.2, -0.15) is 0 Å². The summed E-state index contributed by atoms with van der Waals surface area (Å²) < 4.78 is 13.7. The van der Waals surface area contributed by atoms with Crippen LogP contribution in [0.1, 0.15) is 22.0 Å². The fourth-order valence-electron chi connectivity index (χ4n) is 1.86. The van der Waals surface area contributed by atoms with Gasteiger partial charge in [-0.05, 0) is 23.8 Å². The van der Waals surface area contributed by atoms with Gasteiger partial charge in [-0.1, -0.05) is 30.3 Å². The molecule has 1 unspecified atom stereocenters. The lowest BCUT2D eigenvalue weighted by Crippen LogP contribution is -2.34. The van der Waals surface area contributed by atoms with Gasteiger partial charge in [-0.25, -0.2) is 9.18 Å². The summed E-state index contributed by atoms with van der Waals surface area (Å²) in [6.07, 6.45) is 0. The smallest absolute Gasteiger partial charge is 0.330 e. The highest BCUT2D eigenvalue weighted by molar-refractivity contribution is 5.97. The Morgan fingerprint density at radius 2 is 1.81 bits per heavy atom. The van der Waals surface area contributed by atoms with Crippen molar-refractivity contribution in [3.63, 3.8) is 0 Å². The van der Waals surface area contributed by atoms with Crippen LogP contribution in [-0.2, 0) is 4.79 Å². The Balaban J connectivity index is 2.25. The number of benzene rings is 2. The third-order valence-electron chi connectivity index (χ3n) is 2.89. The second-order valence-electron chi connectivity index (χ2n) is 4.39. The van der Waals surface area contributed by atoms with Crippen molar-refractivity contribution in [2.45, 2.75) is 6.04 Å². The first kappa shape index (κ1) is 14.5. The maximum Gasteiger partial charge on any atom is 0.330 e. The number of rotatable bonds is 4. The second kappa shape index (κ2) is 6.04. The molecule has 4 N–H and O–H groups in total. The highest BCUT2D eigenvalue weighted by Crippen LogP contribution is 2.16. The van der Waals surface area contributed by atoms with Crippen molar-refractivity contribution in [2.24, 2.45) is 0 Å². The van der Waals surface area contributed by atoms with Crippen LogP contribution in [0.5, 0.6) is 0 Å². The van der Waals surface area contributed by atoms with E-state index in [0.29, 0.717) is 5.56 Å². The lowest BCUT2D eigenvalue weighted by molar-refractivity contribution is -0.139. The van der Waals surface area contributed by atoms with Gasteiger partial charge in [0.1, 0.15) is 5.82 Å². The van der Waals surface area contributed by atoms with Crippen molar-refractivity contribution in [3.8, 4) is 0 Å². The Hall–Kier alpha value is -2.89. The van der Waals surface area contributed by atoms with Crippen molar-refractivity contribution >= 4 is 17.6 Å². The minimum atomic E-state index is -1.25. The molecule has 0 aliphatic heterocycles. The summed E-state index contributed by atoms with van der Waals surface area (Å²) >= 11 is 0. The number of aliphatic carboxylic acids is 1. The fourth-order valence-corrected chi connectivity index (χ4v) is 1.86. The van der Waals surface area contributed by atoms with Crippen LogP contribution < -0.4 is 11.1 Å². The molecule has 108 valence electrons. The van der Waals surface area contributed by atoms with Crippen LogP contribution in [-0.4, -0.2) is 17.0 Å². The van der Waals surface area contributed by atoms with Crippen LogP contribution in [0.25, 0.3) is 0 Å². The molecule has 6 heteroatoms. The molecule has 0 heterocycles. The molecule has 0 saturated carbocycles. The molecule has 2 aromatic carbocycles. The van der Waals surface area contributed by atoms with Gasteiger partial charge in [0.2, 0.25) is 0 Å². The number of hydrogen-bond donors (Lipinski definition) is 3. The van der Waals surface area contributed by atoms with Crippen molar-refractivity contribution < 1.29 is 19.1 Å². The number of carbonyl (C=O) groups excluding carboxylic acids is 1. The quantitative estimate of drug-likeness (QED) is 0.750. The standard InChI is InChI=1S/C15H13FN2O3/c16-12-8-10(17)6-7-11(12)14(19)18-13(15(20)21)9-4-2-1-3-5-9/h1-8,13H,17H2,(H,18,19)(H,20,21). The van der Waals surface area contributed by atoms with E-state index < -0.39 is 23.7 Å². The maximum absolute atomic E-state index is 13.7. The molecule has 0 aliphatic rings. The van der Waals surface area contributed by atoms with Crippen LogP contribution in [0, 0.1) is 5.82 Å². The number of nitrogens with two attached hydrogens (primary N) is 1. The van der Waals surface area contributed by atoms with Crippen LogP contribution in [0.15, 0.2) is 48.5 Å². The average Bonchev–Trinajstić information content (AvgIpc) is 2.45. The number of nitrogens with one attached hydrogen (secondary N) is 1. The molecule has 2 rings (SSSR count). The van der Waals surface area contributed by atoms with Crippen LogP contribution in [0.2, 0.25) is 0 Å². The molecular formula is C15H13FN2O3. The summed E-state index contributed by atoms with van der Waals surface area (Å²) in [6, 6.07) is 10.5. The Labute approximate surface area is 120 Å². The zero-order chi connectivity index (χ0) is 15.4. The van der Waals surface area contributed by atoms with Gasteiger partial charge in [0.15, 0.2) is 6.04 Å². The van der Waals surface area contributed by atoms with Gasteiger partial charge < -0.3 is 16.2 Å². The highest BCUT2D eigenvalue weighted by Gasteiger charge is 2.23. The van der Waals surface area contributed by atoms with E-state index in [9.17, 15) is 19.1 Å². The Kier molecular flexibility index (Phi) is 4.18. The third kappa shape index (κ3) is 3.36. The molecule has 0 spiro atoms. The first-order valence-electron chi connectivity index (χ1n) is 6.12. The zero-order valence-corrected chi connectivity index (χ0v) is 10.9. The first-order chi connectivity index (χ1) is 9.99. The second-order valence-corrected chi connectivity index (χ2v) is 4.39. The Bertz CT molecular complexity index is 674. The largest absolute Gasteiger partial charge is 0.479 e. The maximum atomic E-state index is 13.7. The lowest BCUT2D eigenvalue weighted by atomic mass is 10.1. The summed E-state index contributed by atoms with van der Waals surface area (Å²) in [6.45, 7) is 0. The zero-order valence-electron chi connectivity index (χ0n) is 10.9. The van der Waals surface area contributed by atoms with Gasteiger partial charge in [0.05, 0.1) is 5.56 Å². The van der Waals surface area contributed by atoms with Crippen molar-refractivity contribution in [1.29, 1.82) is 0 Å². The summed E-state index contributed by atoms with van der Waals surface area (Å²) in [4.78, 5) is 23.3. The van der Waals surface area contributed by atoms with Gasteiger partial charge in [0, 0.05) is 5.69 Å². The number of halogens is 1. The van der Waals surface area contributed by atoms with Crippen LogP contribution >= 0.6 is 0 Å². The molecule has 1 atom stereocenters. The summed E-state index contributed by atoms with van der Waals surface area (Å²) in [5.74, 6) is -2.85. The van der Waals surface area contributed by atoms with Crippen molar-refractivity contribution in [2.75, 3.05) is 5.73 Å². The number of nitrogen functional groups attached to an aromatic ring is 1. The molecule has 0 saturated heterocycles. The van der Waals surface area contributed by atoms with E-state index in [1.54, 1.807) is 30.3 Å². The monoisotopic (exact) mass is 288 g/mol. The van der Waals surface area contributed by atoms with Crippen molar-refractivity contribution in [3.05, 3.63) is 65.5 Å². The molecule has 0 bridgehead atoms. The minimum absolute atomic E-state index is 0.182. The topological polar surface area (TPSA) is 92.4 Å². The molecule has 5 nitrogen and oxygen atoms in total. The summed E-state index contributed by atoms with van der Waals surface area (Å²) in [5, 5.41) is 11.5. The number of carboxylic acid groups (broad SMARTS) is 1. The van der Waals surface area contributed by atoms with E-state index in [-0.39, 0.29) is 11.3 Å². The van der Waals surface area contributed by atoms with Gasteiger partial charge in [-0.3, -0.25) is 4.79 Å². The molecule has 21 heavy (non-hydrogen) atoms. The average molecular weight is 288 g/mol.